The molecule has 2 aliphatic carbocycles. The summed E-state index contributed by atoms with van der Waals surface area (Å²) in [5.41, 5.74) is 1.50. The van der Waals surface area contributed by atoms with Crippen molar-refractivity contribution in [2.24, 2.45) is 5.92 Å². The Kier molecular flexibility index (Phi) is 7.39. The molecule has 35 heavy (non-hydrogen) atoms. The molecule has 8 nitrogen and oxygen atoms in total. The second kappa shape index (κ2) is 10.7. The number of nitrogens with one attached hydrogen (secondary N) is 2. The number of carbonyl (C=O) groups excluding carboxylic acids is 3. The van der Waals surface area contributed by atoms with Crippen LogP contribution in [0.1, 0.15) is 80.1 Å². The van der Waals surface area contributed by atoms with E-state index in [-0.39, 0.29) is 30.2 Å². The van der Waals surface area contributed by atoms with Crippen LogP contribution in [0.15, 0.2) is 18.2 Å². The number of hydrogen-bond acceptors (Lipinski definition) is 6. The van der Waals surface area contributed by atoms with Gasteiger partial charge in [-0.15, -0.1) is 0 Å². The van der Waals surface area contributed by atoms with Crippen molar-refractivity contribution in [3.05, 3.63) is 29.3 Å². The predicted octanol–water partition coefficient (Wildman–Crippen LogP) is 2.93. The van der Waals surface area contributed by atoms with Crippen LogP contribution in [-0.4, -0.2) is 60.6 Å². The monoisotopic (exact) mass is 483 g/mol. The molecule has 1 saturated heterocycles. The molecule has 2 heterocycles. The quantitative estimate of drug-likeness (QED) is 0.579. The number of methoxy groups -OCH3 is 1. The molecule has 2 N–H and O–H groups in total. The van der Waals surface area contributed by atoms with Crippen molar-refractivity contribution >= 4 is 17.7 Å². The van der Waals surface area contributed by atoms with E-state index in [1.54, 1.807) is 4.90 Å². The number of nitrogens with zero attached hydrogens (tertiary/aromatic N) is 1. The zero-order valence-electron chi connectivity index (χ0n) is 20.6. The summed E-state index contributed by atoms with van der Waals surface area (Å²) in [7, 11) is 1.81. The molecule has 190 valence electrons. The second-order valence-corrected chi connectivity index (χ2v) is 10.6. The largest absolute Gasteiger partial charge is 0.489 e. The molecule has 3 amide bonds. The maximum absolute atomic E-state index is 13.0. The van der Waals surface area contributed by atoms with Crippen LogP contribution < -0.4 is 15.4 Å². The number of imide groups is 1. The van der Waals surface area contributed by atoms with Crippen molar-refractivity contribution in [3.8, 4) is 5.75 Å². The molecule has 3 fully saturated rings. The van der Waals surface area contributed by atoms with Crippen LogP contribution in [0, 0.1) is 5.92 Å². The second-order valence-electron chi connectivity index (χ2n) is 10.6. The number of amides is 3. The number of piperidine rings is 1. The summed E-state index contributed by atoms with van der Waals surface area (Å²) in [5.74, 6) is 0.672. The van der Waals surface area contributed by atoms with Crippen molar-refractivity contribution < 1.29 is 23.9 Å². The smallest absolute Gasteiger partial charge is 0.255 e. The third-order valence-corrected chi connectivity index (χ3v) is 8.28. The van der Waals surface area contributed by atoms with Gasteiger partial charge in [-0.3, -0.25) is 19.7 Å². The first kappa shape index (κ1) is 24.3. The zero-order valence-corrected chi connectivity index (χ0v) is 20.6. The topological polar surface area (TPSA) is 97.0 Å². The number of carbonyl (C=O) groups is 3. The average Bonchev–Trinajstić information content (AvgIpc) is 3.19. The molecule has 4 aliphatic rings. The molecule has 0 bridgehead atoms. The lowest BCUT2D eigenvalue weighted by molar-refractivity contribution is -0.136. The molecule has 0 radical (unpaired) electrons. The van der Waals surface area contributed by atoms with E-state index in [1.165, 1.54) is 19.3 Å². The van der Waals surface area contributed by atoms with Crippen molar-refractivity contribution in [2.75, 3.05) is 13.7 Å². The fraction of sp³-hybridized carbons (Fsp3) is 0.667. The molecule has 5 rings (SSSR count). The third kappa shape index (κ3) is 5.38. The standard InChI is InChI=1S/C27H37N3O5/c1-34-19-8-6-17(7-9-19)15-28-22-4-2-3-5-24(22)35-20-10-11-21-18(14-20)16-30(27(21)33)23-12-13-25(31)29-26(23)32/h10-11,14,17,19,22-24,28H,2-9,12-13,15-16H2,1H3,(H,29,31,32)/t17-,19-,22-,23?,24-/m1/s1. The minimum absolute atomic E-state index is 0.112. The maximum Gasteiger partial charge on any atom is 0.255 e. The van der Waals surface area contributed by atoms with Gasteiger partial charge in [0.1, 0.15) is 17.9 Å². The Hall–Kier alpha value is -2.45. The maximum atomic E-state index is 13.0. The summed E-state index contributed by atoms with van der Waals surface area (Å²) in [4.78, 5) is 38.3. The molecule has 0 spiro atoms. The van der Waals surface area contributed by atoms with E-state index in [4.69, 9.17) is 9.47 Å². The Balaban J connectivity index is 1.19. The molecule has 1 unspecified atom stereocenters. The van der Waals surface area contributed by atoms with Crippen LogP contribution in [-0.2, 0) is 20.9 Å². The molecular weight excluding hydrogens is 446 g/mol. The predicted molar refractivity (Wildman–Crippen MR) is 130 cm³/mol. The average molecular weight is 484 g/mol. The van der Waals surface area contributed by atoms with Gasteiger partial charge in [-0.25, -0.2) is 0 Å². The van der Waals surface area contributed by atoms with Crippen LogP contribution >= 0.6 is 0 Å². The highest BCUT2D eigenvalue weighted by molar-refractivity contribution is 6.05. The summed E-state index contributed by atoms with van der Waals surface area (Å²) in [6.45, 7) is 1.40. The van der Waals surface area contributed by atoms with Gasteiger partial charge in [-0.05, 0) is 87.6 Å². The van der Waals surface area contributed by atoms with Crippen molar-refractivity contribution in [1.82, 2.24) is 15.5 Å². The fourth-order valence-corrected chi connectivity index (χ4v) is 6.16. The van der Waals surface area contributed by atoms with Crippen LogP contribution in [0.25, 0.3) is 0 Å². The SMILES string of the molecule is CO[C@H]1CC[C@H](CN[C@@H]2CCCC[C@H]2Oc2ccc3c(c2)CN(C2CCC(=O)NC2=O)C3=O)CC1. The summed E-state index contributed by atoms with van der Waals surface area (Å²) >= 11 is 0. The number of fused-ring (bicyclic) bond motifs is 1. The van der Waals surface area contributed by atoms with Gasteiger partial charge in [-0.1, -0.05) is 6.42 Å². The lowest BCUT2D eigenvalue weighted by Crippen LogP contribution is -2.52. The van der Waals surface area contributed by atoms with Crippen LogP contribution in [0.3, 0.4) is 0 Å². The number of benzene rings is 1. The van der Waals surface area contributed by atoms with Gasteiger partial charge in [-0.2, -0.15) is 0 Å². The molecule has 2 aliphatic heterocycles. The first-order valence-corrected chi connectivity index (χ1v) is 13.2. The lowest BCUT2D eigenvalue weighted by Gasteiger charge is -2.35. The van der Waals surface area contributed by atoms with E-state index in [2.05, 4.69) is 10.6 Å². The van der Waals surface area contributed by atoms with Gasteiger partial charge < -0.3 is 19.7 Å². The molecule has 2 saturated carbocycles. The van der Waals surface area contributed by atoms with Crippen LogP contribution in [0.2, 0.25) is 0 Å². The van der Waals surface area contributed by atoms with E-state index >= 15 is 0 Å². The lowest BCUT2D eigenvalue weighted by atomic mass is 9.86. The summed E-state index contributed by atoms with van der Waals surface area (Å²) in [6, 6.07) is 5.39. The Morgan fingerprint density at radius 3 is 2.60 bits per heavy atom. The highest BCUT2D eigenvalue weighted by atomic mass is 16.5. The van der Waals surface area contributed by atoms with E-state index < -0.39 is 6.04 Å². The van der Waals surface area contributed by atoms with Gasteiger partial charge >= 0.3 is 0 Å². The Labute approximate surface area is 207 Å². The minimum atomic E-state index is -0.595. The highest BCUT2D eigenvalue weighted by Gasteiger charge is 2.39. The molecular formula is C27H37N3O5. The van der Waals surface area contributed by atoms with Crippen molar-refractivity contribution in [2.45, 2.75) is 95.0 Å². The van der Waals surface area contributed by atoms with Gasteiger partial charge in [0.25, 0.3) is 5.91 Å². The van der Waals surface area contributed by atoms with E-state index in [1.807, 2.05) is 25.3 Å². The molecule has 3 atom stereocenters. The number of hydrogen-bond donors (Lipinski definition) is 2. The first-order chi connectivity index (χ1) is 17.0. The summed E-state index contributed by atoms with van der Waals surface area (Å²) < 4.78 is 12.0. The number of ether oxygens (including phenoxy) is 2. The molecule has 0 aromatic heterocycles. The summed E-state index contributed by atoms with van der Waals surface area (Å²) in [5, 5.41) is 6.17. The fourth-order valence-electron chi connectivity index (χ4n) is 6.16. The van der Waals surface area contributed by atoms with Crippen molar-refractivity contribution in [3.63, 3.8) is 0 Å². The Morgan fingerprint density at radius 1 is 1.03 bits per heavy atom. The third-order valence-electron chi connectivity index (χ3n) is 8.28. The summed E-state index contributed by atoms with van der Waals surface area (Å²) in [6.07, 6.45) is 10.4. The van der Waals surface area contributed by atoms with Crippen molar-refractivity contribution in [1.29, 1.82) is 0 Å². The van der Waals surface area contributed by atoms with Crippen LogP contribution in [0.5, 0.6) is 5.75 Å². The van der Waals surface area contributed by atoms with E-state index in [9.17, 15) is 14.4 Å². The molecule has 1 aromatic carbocycles. The van der Waals surface area contributed by atoms with E-state index in [0.717, 1.165) is 50.0 Å². The van der Waals surface area contributed by atoms with Gasteiger partial charge in [0.2, 0.25) is 11.8 Å². The normalized spacial score (nSPS) is 31.3. The van der Waals surface area contributed by atoms with E-state index in [0.29, 0.717) is 36.6 Å². The Morgan fingerprint density at radius 2 is 1.83 bits per heavy atom. The minimum Gasteiger partial charge on any atom is -0.489 e. The Bertz CT molecular complexity index is 958. The van der Waals surface area contributed by atoms with Crippen LogP contribution in [0.4, 0.5) is 0 Å². The first-order valence-electron chi connectivity index (χ1n) is 13.2. The highest BCUT2D eigenvalue weighted by Crippen LogP contribution is 2.32. The number of rotatable bonds is 7. The van der Waals surface area contributed by atoms with Gasteiger partial charge in [0, 0.05) is 31.7 Å². The van der Waals surface area contributed by atoms with Gasteiger partial charge in [0.15, 0.2) is 0 Å². The molecule has 8 heteroatoms. The van der Waals surface area contributed by atoms with Gasteiger partial charge in [0.05, 0.1) is 6.10 Å². The molecule has 1 aromatic rings. The zero-order chi connectivity index (χ0) is 24.4.